The number of pyridine rings is 1. The van der Waals surface area contributed by atoms with Gasteiger partial charge in [0, 0.05) is 25.3 Å². The summed E-state index contributed by atoms with van der Waals surface area (Å²) >= 11 is 0. The summed E-state index contributed by atoms with van der Waals surface area (Å²) in [5.41, 5.74) is 5.10. The van der Waals surface area contributed by atoms with Crippen LogP contribution in [0, 0.1) is 23.2 Å². The predicted octanol–water partition coefficient (Wildman–Crippen LogP) is -0.290. The monoisotopic (exact) mass is 476 g/mol. The quantitative estimate of drug-likeness (QED) is 0.455. The van der Waals surface area contributed by atoms with Crippen LogP contribution in [0.15, 0.2) is 27.9 Å². The number of hydrogen-bond donors (Lipinski definition) is 2. The van der Waals surface area contributed by atoms with Crippen LogP contribution in [0.3, 0.4) is 0 Å². The molecule has 1 aliphatic heterocycles. The number of anilines is 1. The molecule has 3 N–H and O–H groups in total. The molecule has 0 aliphatic carbocycles. The minimum Gasteiger partial charge on any atom is -0.480 e. The Labute approximate surface area is 199 Å². The van der Waals surface area contributed by atoms with Crippen molar-refractivity contribution >= 4 is 23.0 Å². The molecule has 35 heavy (non-hydrogen) atoms. The van der Waals surface area contributed by atoms with Crippen molar-refractivity contribution in [2.45, 2.75) is 45.4 Å². The summed E-state index contributed by atoms with van der Waals surface area (Å²) in [6.45, 7) is 1.89. The Morgan fingerprint density at radius 3 is 2.80 bits per heavy atom. The molecule has 0 amide bonds. The first-order valence-electron chi connectivity index (χ1n) is 11.1. The van der Waals surface area contributed by atoms with Crippen LogP contribution in [-0.2, 0) is 24.4 Å². The van der Waals surface area contributed by atoms with Crippen LogP contribution in [-0.4, -0.2) is 54.1 Å². The fourth-order valence-electron chi connectivity index (χ4n) is 4.26. The van der Waals surface area contributed by atoms with E-state index >= 15 is 0 Å². The Morgan fingerprint density at radius 1 is 1.31 bits per heavy atom. The SMILES string of the molecule is CC#CCn1c(N2CCCC(N)C2)nc2c(=O)n(CC(=O)O)n(Cc3ncccc3C#N)c(=O)c21. The molecule has 4 rings (SSSR count). The van der Waals surface area contributed by atoms with Crippen LogP contribution in [0.5, 0.6) is 0 Å². The van der Waals surface area contributed by atoms with E-state index in [4.69, 9.17) is 5.73 Å². The first-order valence-corrected chi connectivity index (χ1v) is 11.1. The van der Waals surface area contributed by atoms with Crippen LogP contribution in [0.25, 0.3) is 11.0 Å². The second-order valence-electron chi connectivity index (χ2n) is 8.20. The Bertz CT molecular complexity index is 1510. The third kappa shape index (κ3) is 4.52. The van der Waals surface area contributed by atoms with Gasteiger partial charge < -0.3 is 15.7 Å². The van der Waals surface area contributed by atoms with Gasteiger partial charge in [-0.2, -0.15) is 5.26 Å². The van der Waals surface area contributed by atoms with Crippen LogP contribution >= 0.6 is 0 Å². The largest absolute Gasteiger partial charge is 0.480 e. The molecular weight excluding hydrogens is 452 g/mol. The summed E-state index contributed by atoms with van der Waals surface area (Å²) in [4.78, 5) is 49.4. The first-order chi connectivity index (χ1) is 16.8. The average Bonchev–Trinajstić information content (AvgIpc) is 3.23. The number of aromatic nitrogens is 5. The summed E-state index contributed by atoms with van der Waals surface area (Å²) in [6, 6.07) is 5.03. The van der Waals surface area contributed by atoms with E-state index in [0.717, 1.165) is 22.2 Å². The molecule has 1 aliphatic rings. The van der Waals surface area contributed by atoms with Crippen molar-refractivity contribution in [2.75, 3.05) is 18.0 Å². The molecule has 0 radical (unpaired) electrons. The molecule has 1 unspecified atom stereocenters. The minimum absolute atomic E-state index is 0.0166. The van der Waals surface area contributed by atoms with Crippen LogP contribution < -0.4 is 21.8 Å². The van der Waals surface area contributed by atoms with Gasteiger partial charge in [-0.3, -0.25) is 23.9 Å². The lowest BCUT2D eigenvalue weighted by atomic mass is 10.1. The molecule has 1 atom stereocenters. The molecule has 0 bridgehead atoms. The van der Waals surface area contributed by atoms with E-state index in [-0.39, 0.29) is 41.4 Å². The fraction of sp³-hybridized carbons (Fsp3) is 0.391. The zero-order chi connectivity index (χ0) is 25.1. The molecule has 0 saturated carbocycles. The Balaban J connectivity index is 2.01. The first kappa shape index (κ1) is 23.7. The van der Waals surface area contributed by atoms with Gasteiger partial charge in [0.2, 0.25) is 5.95 Å². The van der Waals surface area contributed by atoms with E-state index in [1.807, 2.05) is 11.0 Å². The van der Waals surface area contributed by atoms with Crippen molar-refractivity contribution in [1.82, 2.24) is 23.9 Å². The summed E-state index contributed by atoms with van der Waals surface area (Å²) in [5, 5.41) is 18.9. The van der Waals surface area contributed by atoms with Crippen LogP contribution in [0.4, 0.5) is 5.95 Å². The highest BCUT2D eigenvalue weighted by Crippen LogP contribution is 2.22. The summed E-state index contributed by atoms with van der Waals surface area (Å²) < 4.78 is 3.42. The molecule has 0 aromatic carbocycles. The standard InChI is InChI=1S/C23H24N8O4/c1-2-3-10-29-20-19(27-23(29)28-9-5-7-16(25)12-28)21(34)31(14-18(32)33)30(22(20)35)13-17-15(11-24)6-4-8-26-17/h4,6,8,16H,5,7,9-10,12-14,25H2,1H3,(H,32,33). The van der Waals surface area contributed by atoms with Crippen LogP contribution in [0.2, 0.25) is 0 Å². The van der Waals surface area contributed by atoms with Gasteiger partial charge in [-0.1, -0.05) is 5.92 Å². The average molecular weight is 476 g/mol. The number of nitrogens with two attached hydrogens (primary N) is 1. The van der Waals surface area contributed by atoms with Gasteiger partial charge in [0.15, 0.2) is 5.52 Å². The number of nitrogens with zero attached hydrogens (tertiary/aromatic N) is 7. The molecule has 12 heteroatoms. The number of rotatable bonds is 6. The summed E-state index contributed by atoms with van der Waals surface area (Å²) in [5.74, 6) is 4.80. The smallest absolute Gasteiger partial charge is 0.325 e. The van der Waals surface area contributed by atoms with E-state index in [2.05, 4.69) is 21.8 Å². The van der Waals surface area contributed by atoms with E-state index in [1.165, 1.54) is 12.3 Å². The van der Waals surface area contributed by atoms with Gasteiger partial charge >= 0.3 is 5.97 Å². The highest BCUT2D eigenvalue weighted by atomic mass is 16.4. The lowest BCUT2D eigenvalue weighted by molar-refractivity contribution is -0.138. The molecule has 1 saturated heterocycles. The lowest BCUT2D eigenvalue weighted by Gasteiger charge is -2.31. The Morgan fingerprint density at radius 2 is 2.11 bits per heavy atom. The van der Waals surface area contributed by atoms with Crippen LogP contribution in [0.1, 0.15) is 31.0 Å². The number of piperidine rings is 1. The van der Waals surface area contributed by atoms with E-state index < -0.39 is 23.6 Å². The molecule has 12 nitrogen and oxygen atoms in total. The van der Waals surface area contributed by atoms with Crippen molar-refractivity contribution in [1.29, 1.82) is 5.26 Å². The third-order valence-electron chi connectivity index (χ3n) is 5.86. The maximum atomic E-state index is 13.8. The number of carboxylic acids is 1. The van der Waals surface area contributed by atoms with Crippen molar-refractivity contribution < 1.29 is 9.90 Å². The van der Waals surface area contributed by atoms with Crippen molar-refractivity contribution in [3.63, 3.8) is 0 Å². The number of carboxylic acid groups (broad SMARTS) is 1. The number of fused-ring (bicyclic) bond motifs is 1. The number of imidazole rings is 1. The highest BCUT2D eigenvalue weighted by Gasteiger charge is 2.27. The number of carbonyl (C=O) groups is 1. The third-order valence-corrected chi connectivity index (χ3v) is 5.86. The maximum Gasteiger partial charge on any atom is 0.325 e. The maximum absolute atomic E-state index is 13.8. The van der Waals surface area contributed by atoms with Gasteiger partial charge in [0.05, 0.1) is 24.3 Å². The van der Waals surface area contributed by atoms with Gasteiger partial charge in [-0.05, 0) is 31.9 Å². The number of aliphatic carboxylic acids is 1. The number of nitriles is 1. The van der Waals surface area contributed by atoms with Gasteiger partial charge in [0.1, 0.15) is 18.1 Å². The van der Waals surface area contributed by atoms with Gasteiger partial charge in [0.25, 0.3) is 11.1 Å². The lowest BCUT2D eigenvalue weighted by Crippen LogP contribution is -2.44. The summed E-state index contributed by atoms with van der Waals surface area (Å²) in [6.07, 6.45) is 3.14. The Hall–Kier alpha value is -4.42. The molecular formula is C23H24N8O4. The van der Waals surface area contributed by atoms with E-state index in [0.29, 0.717) is 19.0 Å². The van der Waals surface area contributed by atoms with Gasteiger partial charge in [-0.15, -0.1) is 5.92 Å². The minimum atomic E-state index is -1.31. The predicted molar refractivity (Wildman–Crippen MR) is 127 cm³/mol. The zero-order valence-corrected chi connectivity index (χ0v) is 19.1. The second kappa shape index (κ2) is 9.83. The van der Waals surface area contributed by atoms with Crippen molar-refractivity contribution in [2.24, 2.45) is 5.73 Å². The molecule has 180 valence electrons. The number of hydrogen-bond acceptors (Lipinski definition) is 8. The zero-order valence-electron chi connectivity index (χ0n) is 19.1. The Kier molecular flexibility index (Phi) is 6.66. The normalized spacial score (nSPS) is 15.5. The molecule has 3 aromatic rings. The van der Waals surface area contributed by atoms with E-state index in [9.17, 15) is 24.8 Å². The van der Waals surface area contributed by atoms with Gasteiger partial charge in [-0.25, -0.2) is 14.3 Å². The molecule has 3 aromatic heterocycles. The fourth-order valence-corrected chi connectivity index (χ4v) is 4.26. The van der Waals surface area contributed by atoms with Crippen molar-refractivity contribution in [3.05, 3.63) is 50.3 Å². The topological polar surface area (TPSA) is 165 Å². The summed E-state index contributed by atoms with van der Waals surface area (Å²) in [7, 11) is 0. The molecule has 4 heterocycles. The van der Waals surface area contributed by atoms with E-state index in [1.54, 1.807) is 17.6 Å². The highest BCUT2D eigenvalue weighted by molar-refractivity contribution is 5.78. The molecule has 0 spiro atoms. The van der Waals surface area contributed by atoms with Crippen molar-refractivity contribution in [3.8, 4) is 17.9 Å². The second-order valence-corrected chi connectivity index (χ2v) is 8.20. The molecule has 1 fully saturated rings.